The summed E-state index contributed by atoms with van der Waals surface area (Å²) in [5, 5.41) is 2.28. The normalized spacial score (nSPS) is 21.9. The van der Waals surface area contributed by atoms with Crippen molar-refractivity contribution in [3.63, 3.8) is 0 Å². The van der Waals surface area contributed by atoms with Gasteiger partial charge in [-0.1, -0.05) is 48.7 Å². The maximum atomic E-state index is 14.9. The number of hydrogen-bond donors (Lipinski definition) is 1. The Balaban J connectivity index is 1.94. The SMILES string of the molecule is CC1(C)CC(=O)C2=C(C1)N(c1ccc(Cl)c(Cl)c1)C(=O)[C@]2(NC(=O)c1ccc(Cl)cc1)C(F)(F)F. The van der Waals surface area contributed by atoms with Gasteiger partial charge in [-0.3, -0.25) is 19.3 Å². The second-order valence-corrected chi connectivity index (χ2v) is 10.5. The fourth-order valence-electron chi connectivity index (χ4n) is 4.49. The highest BCUT2D eigenvalue weighted by atomic mass is 35.5. The van der Waals surface area contributed by atoms with Crippen LogP contribution >= 0.6 is 34.8 Å². The van der Waals surface area contributed by atoms with Gasteiger partial charge in [0.25, 0.3) is 11.8 Å². The number of benzene rings is 2. The number of hydrogen-bond acceptors (Lipinski definition) is 3. The first kappa shape index (κ1) is 25.5. The summed E-state index contributed by atoms with van der Waals surface area (Å²) in [5.74, 6) is -3.59. The summed E-state index contributed by atoms with van der Waals surface area (Å²) in [5.41, 5.74) is -5.41. The molecule has 2 amide bonds. The molecule has 0 saturated heterocycles. The summed E-state index contributed by atoms with van der Waals surface area (Å²) in [4.78, 5) is 40.7. The summed E-state index contributed by atoms with van der Waals surface area (Å²) in [7, 11) is 0. The van der Waals surface area contributed by atoms with E-state index < -0.39 is 40.3 Å². The Kier molecular flexibility index (Phi) is 6.23. The molecule has 0 aromatic heterocycles. The van der Waals surface area contributed by atoms with Crippen LogP contribution in [0.15, 0.2) is 53.7 Å². The number of Topliss-reactive ketones (excluding diaryl/α,β-unsaturated/α-hetero) is 1. The van der Waals surface area contributed by atoms with Crippen LogP contribution in [0.3, 0.4) is 0 Å². The van der Waals surface area contributed by atoms with Crippen LogP contribution in [0.4, 0.5) is 18.9 Å². The van der Waals surface area contributed by atoms with Crippen LogP contribution in [0, 0.1) is 5.41 Å². The first-order valence-corrected chi connectivity index (χ1v) is 11.5. The summed E-state index contributed by atoms with van der Waals surface area (Å²) in [6, 6.07) is 9.01. The number of nitrogens with zero attached hydrogens (tertiary/aromatic N) is 1. The summed E-state index contributed by atoms with van der Waals surface area (Å²) in [6.07, 6.45) is -5.59. The molecule has 1 aliphatic carbocycles. The zero-order chi connectivity index (χ0) is 25.9. The Bertz CT molecular complexity index is 1290. The van der Waals surface area contributed by atoms with E-state index in [2.05, 4.69) is 0 Å². The fraction of sp³-hybridized carbons (Fsp3) is 0.292. The zero-order valence-corrected chi connectivity index (χ0v) is 20.7. The molecular weight excluding hydrogens is 528 g/mol. The Morgan fingerprint density at radius 2 is 1.60 bits per heavy atom. The smallest absolute Gasteiger partial charge is 0.326 e. The second-order valence-electron chi connectivity index (χ2n) is 9.21. The van der Waals surface area contributed by atoms with E-state index in [0.717, 1.165) is 4.90 Å². The molecule has 1 heterocycles. The van der Waals surface area contributed by atoms with Crippen molar-refractivity contribution in [2.24, 2.45) is 5.41 Å². The molecule has 1 atom stereocenters. The molecule has 2 aromatic carbocycles. The average molecular weight is 546 g/mol. The van der Waals surface area contributed by atoms with E-state index in [1.807, 2.05) is 5.32 Å². The minimum Gasteiger partial charge on any atom is -0.326 e. The van der Waals surface area contributed by atoms with Gasteiger partial charge in [-0.2, -0.15) is 13.2 Å². The number of alkyl halides is 3. The second kappa shape index (κ2) is 8.54. The number of carbonyl (C=O) groups excluding carboxylic acids is 3. The summed E-state index contributed by atoms with van der Waals surface area (Å²) >= 11 is 17.9. The van der Waals surface area contributed by atoms with Gasteiger partial charge in [-0.25, -0.2) is 0 Å². The van der Waals surface area contributed by atoms with Crippen LogP contribution in [-0.4, -0.2) is 29.3 Å². The topological polar surface area (TPSA) is 66.5 Å². The van der Waals surface area contributed by atoms with Crippen LogP contribution < -0.4 is 10.2 Å². The van der Waals surface area contributed by atoms with Gasteiger partial charge in [-0.15, -0.1) is 0 Å². The third-order valence-corrected chi connectivity index (χ3v) is 7.01. The van der Waals surface area contributed by atoms with E-state index in [1.54, 1.807) is 13.8 Å². The van der Waals surface area contributed by atoms with Crippen molar-refractivity contribution in [2.75, 3.05) is 4.90 Å². The quantitative estimate of drug-likeness (QED) is 0.488. The summed E-state index contributed by atoms with van der Waals surface area (Å²) in [6.45, 7) is 3.43. The van der Waals surface area contributed by atoms with Gasteiger partial charge in [0.2, 0.25) is 5.54 Å². The van der Waals surface area contributed by atoms with Crippen LogP contribution in [0.25, 0.3) is 0 Å². The molecule has 0 bridgehead atoms. The number of allylic oxidation sites excluding steroid dienone is 1. The highest BCUT2D eigenvalue weighted by Crippen LogP contribution is 2.53. The maximum absolute atomic E-state index is 14.9. The molecule has 0 unspecified atom stereocenters. The predicted octanol–water partition coefficient (Wildman–Crippen LogP) is 6.37. The monoisotopic (exact) mass is 544 g/mol. The van der Waals surface area contributed by atoms with Gasteiger partial charge in [0, 0.05) is 22.7 Å². The van der Waals surface area contributed by atoms with Crippen molar-refractivity contribution < 1.29 is 27.6 Å². The number of amides is 2. The molecule has 184 valence electrons. The molecule has 11 heteroatoms. The zero-order valence-electron chi connectivity index (χ0n) is 18.4. The van der Waals surface area contributed by atoms with E-state index in [1.165, 1.54) is 42.5 Å². The lowest BCUT2D eigenvalue weighted by molar-refractivity contribution is -0.186. The molecule has 35 heavy (non-hydrogen) atoms. The molecule has 0 fully saturated rings. The van der Waals surface area contributed by atoms with Crippen molar-refractivity contribution in [2.45, 2.75) is 38.4 Å². The number of rotatable bonds is 3. The van der Waals surface area contributed by atoms with Crippen molar-refractivity contribution in [1.29, 1.82) is 0 Å². The molecule has 1 aliphatic heterocycles. The van der Waals surface area contributed by atoms with Crippen LogP contribution in [0.2, 0.25) is 15.1 Å². The van der Waals surface area contributed by atoms with Crippen molar-refractivity contribution in [3.8, 4) is 0 Å². The highest BCUT2D eigenvalue weighted by molar-refractivity contribution is 6.42. The van der Waals surface area contributed by atoms with E-state index in [-0.39, 0.29) is 44.9 Å². The molecule has 1 N–H and O–H groups in total. The van der Waals surface area contributed by atoms with Gasteiger partial charge in [0.1, 0.15) is 0 Å². The number of anilines is 1. The van der Waals surface area contributed by atoms with Crippen molar-refractivity contribution >= 4 is 58.1 Å². The standard InChI is InChI=1S/C24H18Cl3F3N2O3/c1-22(2)10-17-19(18(33)11-22)23(24(28,29)30,31-20(34)12-3-5-13(25)6-4-12)21(35)32(17)14-7-8-15(26)16(27)9-14/h3-9H,10-11H2,1-2H3,(H,31,34)/t23-/m0/s1. The molecule has 2 aromatic rings. The van der Waals surface area contributed by atoms with Gasteiger partial charge >= 0.3 is 6.18 Å². The Labute approximate surface area is 213 Å². The molecule has 5 nitrogen and oxygen atoms in total. The lowest BCUT2D eigenvalue weighted by atomic mass is 9.72. The minimum absolute atomic E-state index is 0.00531. The van der Waals surface area contributed by atoms with E-state index in [4.69, 9.17) is 34.8 Å². The van der Waals surface area contributed by atoms with Gasteiger partial charge in [0.15, 0.2) is 5.78 Å². The third kappa shape index (κ3) is 4.21. The molecular formula is C24H18Cl3F3N2O3. The first-order chi connectivity index (χ1) is 16.2. The molecule has 0 spiro atoms. The van der Waals surface area contributed by atoms with Crippen LogP contribution in [0.5, 0.6) is 0 Å². The van der Waals surface area contributed by atoms with Crippen molar-refractivity contribution in [1.82, 2.24) is 5.32 Å². The summed E-state index contributed by atoms with van der Waals surface area (Å²) < 4.78 is 44.6. The Hall–Kier alpha value is -2.55. The maximum Gasteiger partial charge on any atom is 0.425 e. The van der Waals surface area contributed by atoms with E-state index in [0.29, 0.717) is 0 Å². The van der Waals surface area contributed by atoms with Crippen LogP contribution in [-0.2, 0) is 9.59 Å². The molecule has 0 saturated carbocycles. The Morgan fingerprint density at radius 1 is 0.971 bits per heavy atom. The molecule has 2 aliphatic rings. The molecule has 4 rings (SSSR count). The van der Waals surface area contributed by atoms with E-state index >= 15 is 0 Å². The van der Waals surface area contributed by atoms with Gasteiger partial charge in [-0.05, 0) is 54.3 Å². The largest absolute Gasteiger partial charge is 0.425 e. The highest BCUT2D eigenvalue weighted by Gasteiger charge is 2.72. The number of halogens is 6. The minimum atomic E-state index is -5.34. The predicted molar refractivity (Wildman–Crippen MR) is 127 cm³/mol. The number of ketones is 1. The number of carbonyl (C=O) groups is 3. The number of nitrogens with one attached hydrogen (secondary N) is 1. The lowest BCUT2D eigenvalue weighted by Crippen LogP contribution is -2.66. The van der Waals surface area contributed by atoms with Crippen LogP contribution in [0.1, 0.15) is 37.0 Å². The average Bonchev–Trinajstić information content (AvgIpc) is 2.98. The lowest BCUT2D eigenvalue weighted by Gasteiger charge is -2.35. The Morgan fingerprint density at radius 3 is 2.17 bits per heavy atom. The third-order valence-electron chi connectivity index (χ3n) is 6.02. The van der Waals surface area contributed by atoms with Gasteiger partial charge in [0.05, 0.1) is 21.3 Å². The van der Waals surface area contributed by atoms with E-state index in [9.17, 15) is 27.6 Å². The molecule has 0 radical (unpaired) electrons. The van der Waals surface area contributed by atoms with Crippen molar-refractivity contribution in [3.05, 3.63) is 74.4 Å². The first-order valence-electron chi connectivity index (χ1n) is 10.4. The van der Waals surface area contributed by atoms with Gasteiger partial charge < -0.3 is 5.32 Å². The fourth-order valence-corrected chi connectivity index (χ4v) is 4.91.